The second-order valence-electron chi connectivity index (χ2n) is 3.76. The van der Waals surface area contributed by atoms with Crippen LogP contribution in [0, 0.1) is 0 Å². The van der Waals surface area contributed by atoms with Crippen LogP contribution in [0.1, 0.15) is 21.7 Å². The lowest BCUT2D eigenvalue weighted by molar-refractivity contribution is -0.141. The van der Waals surface area contributed by atoms with E-state index in [1.807, 2.05) is 21.8 Å². The summed E-state index contributed by atoms with van der Waals surface area (Å²) in [5.74, 6) is -0.830. The highest BCUT2D eigenvalue weighted by molar-refractivity contribution is 7.07. The lowest BCUT2D eigenvalue weighted by Gasteiger charge is -2.07. The van der Waals surface area contributed by atoms with Gasteiger partial charge in [-0.3, -0.25) is 4.79 Å². The third-order valence-corrected chi connectivity index (χ3v) is 3.15. The maximum absolute atomic E-state index is 12.5. The minimum absolute atomic E-state index is 0.264. The highest BCUT2D eigenvalue weighted by Gasteiger charge is 2.37. The summed E-state index contributed by atoms with van der Waals surface area (Å²) < 4.78 is 37.6. The van der Waals surface area contributed by atoms with Gasteiger partial charge in [-0.2, -0.15) is 24.5 Å². The average Bonchev–Trinajstić information content (AvgIpc) is 2.98. The molecule has 2 aromatic heterocycles. The SMILES string of the molecule is O=C(NCCc1ccsc1)c1nc[nH]c1C(F)(F)F. The number of carbonyl (C=O) groups excluding carboxylic acids is 1. The summed E-state index contributed by atoms with van der Waals surface area (Å²) in [7, 11) is 0. The molecule has 4 nitrogen and oxygen atoms in total. The number of carbonyl (C=O) groups is 1. The van der Waals surface area contributed by atoms with E-state index in [0.717, 1.165) is 11.9 Å². The van der Waals surface area contributed by atoms with Crippen molar-refractivity contribution >= 4 is 17.2 Å². The van der Waals surface area contributed by atoms with Crippen molar-refractivity contribution in [3.8, 4) is 0 Å². The molecule has 2 N–H and O–H groups in total. The van der Waals surface area contributed by atoms with E-state index in [9.17, 15) is 18.0 Å². The summed E-state index contributed by atoms with van der Waals surface area (Å²) in [6.07, 6.45) is -3.19. The molecule has 0 saturated heterocycles. The molecule has 0 unspecified atom stereocenters. The molecular weight excluding hydrogens is 279 g/mol. The maximum atomic E-state index is 12.5. The molecule has 0 aromatic carbocycles. The molecule has 0 aliphatic carbocycles. The number of nitrogens with one attached hydrogen (secondary N) is 2. The van der Waals surface area contributed by atoms with Gasteiger partial charge in [0.2, 0.25) is 0 Å². The van der Waals surface area contributed by atoms with E-state index in [1.54, 1.807) is 0 Å². The predicted molar refractivity (Wildman–Crippen MR) is 63.9 cm³/mol. The first-order valence-electron chi connectivity index (χ1n) is 5.38. The van der Waals surface area contributed by atoms with Crippen molar-refractivity contribution in [1.29, 1.82) is 0 Å². The summed E-state index contributed by atoms with van der Waals surface area (Å²) in [6.45, 7) is 0.264. The molecule has 0 fully saturated rings. The Morgan fingerprint density at radius 1 is 1.47 bits per heavy atom. The number of alkyl halides is 3. The Kier molecular flexibility index (Phi) is 3.89. The first-order valence-corrected chi connectivity index (χ1v) is 6.32. The number of aromatic amines is 1. The number of hydrogen-bond donors (Lipinski definition) is 2. The highest BCUT2D eigenvalue weighted by atomic mass is 32.1. The second kappa shape index (κ2) is 5.43. The number of aromatic nitrogens is 2. The van der Waals surface area contributed by atoms with Crippen molar-refractivity contribution in [3.63, 3.8) is 0 Å². The lowest BCUT2D eigenvalue weighted by atomic mass is 10.2. The van der Waals surface area contributed by atoms with Gasteiger partial charge >= 0.3 is 6.18 Å². The van der Waals surface area contributed by atoms with Crippen LogP contribution in [0.25, 0.3) is 0 Å². The first kappa shape index (κ1) is 13.6. The van der Waals surface area contributed by atoms with E-state index in [1.165, 1.54) is 11.3 Å². The summed E-state index contributed by atoms with van der Waals surface area (Å²) in [6, 6.07) is 1.90. The van der Waals surface area contributed by atoms with Gasteiger partial charge in [0, 0.05) is 6.54 Å². The topological polar surface area (TPSA) is 57.8 Å². The molecule has 0 atom stereocenters. The normalized spacial score (nSPS) is 11.5. The maximum Gasteiger partial charge on any atom is 0.433 e. The van der Waals surface area contributed by atoms with Gasteiger partial charge in [-0.1, -0.05) is 0 Å². The summed E-state index contributed by atoms with van der Waals surface area (Å²) in [4.78, 5) is 17.0. The van der Waals surface area contributed by atoms with E-state index in [-0.39, 0.29) is 6.54 Å². The van der Waals surface area contributed by atoms with Gasteiger partial charge in [0.15, 0.2) is 11.4 Å². The van der Waals surface area contributed by atoms with Gasteiger partial charge in [0.1, 0.15) is 0 Å². The number of hydrogen-bond acceptors (Lipinski definition) is 3. The van der Waals surface area contributed by atoms with Crippen molar-refractivity contribution in [2.75, 3.05) is 6.54 Å². The number of nitrogens with zero attached hydrogens (tertiary/aromatic N) is 1. The Hall–Kier alpha value is -1.83. The fourth-order valence-corrected chi connectivity index (χ4v) is 2.22. The summed E-state index contributed by atoms with van der Waals surface area (Å²) in [5, 5.41) is 6.23. The number of H-pyrrole nitrogens is 1. The van der Waals surface area contributed by atoms with Gasteiger partial charge < -0.3 is 10.3 Å². The fraction of sp³-hybridized carbons (Fsp3) is 0.273. The Morgan fingerprint density at radius 2 is 2.26 bits per heavy atom. The molecule has 2 rings (SSSR count). The van der Waals surface area contributed by atoms with Crippen LogP contribution in [-0.2, 0) is 12.6 Å². The molecule has 0 aliphatic rings. The van der Waals surface area contributed by atoms with Crippen LogP contribution in [-0.4, -0.2) is 22.4 Å². The molecule has 0 bridgehead atoms. The largest absolute Gasteiger partial charge is 0.433 e. The number of thiophene rings is 1. The molecule has 0 spiro atoms. The smallest absolute Gasteiger partial charge is 0.350 e. The zero-order valence-electron chi connectivity index (χ0n) is 9.62. The van der Waals surface area contributed by atoms with Crippen LogP contribution in [0.15, 0.2) is 23.2 Å². The van der Waals surface area contributed by atoms with Crippen molar-refractivity contribution in [1.82, 2.24) is 15.3 Å². The molecule has 0 saturated carbocycles. The van der Waals surface area contributed by atoms with Gasteiger partial charge in [-0.15, -0.1) is 0 Å². The fourth-order valence-electron chi connectivity index (χ4n) is 1.52. The number of amides is 1. The highest BCUT2D eigenvalue weighted by Crippen LogP contribution is 2.29. The molecule has 2 heterocycles. The molecular formula is C11H10F3N3OS. The third kappa shape index (κ3) is 3.34. The number of halogens is 3. The number of imidazole rings is 1. The quantitative estimate of drug-likeness (QED) is 0.908. The molecule has 2 aromatic rings. The van der Waals surface area contributed by atoms with E-state index in [4.69, 9.17) is 0 Å². The van der Waals surface area contributed by atoms with Crippen LogP contribution in [0.4, 0.5) is 13.2 Å². The lowest BCUT2D eigenvalue weighted by Crippen LogP contribution is -2.28. The standard InChI is InChI=1S/C11H10F3N3OS/c12-11(13,14)9-8(16-6-17-9)10(18)15-3-1-7-2-4-19-5-7/h2,4-6H,1,3H2,(H,15,18)(H,16,17). The molecule has 102 valence electrons. The molecule has 8 heteroatoms. The number of rotatable bonds is 4. The van der Waals surface area contributed by atoms with Crippen molar-refractivity contribution in [3.05, 3.63) is 40.1 Å². The summed E-state index contributed by atoms with van der Waals surface area (Å²) in [5.41, 5.74) is -0.721. The van der Waals surface area contributed by atoms with Crippen LogP contribution >= 0.6 is 11.3 Å². The Balaban J connectivity index is 1.95. The Bertz CT molecular complexity index is 548. The molecule has 0 radical (unpaired) electrons. The van der Waals surface area contributed by atoms with Crippen molar-refractivity contribution in [2.45, 2.75) is 12.6 Å². The molecule has 0 aliphatic heterocycles. The average molecular weight is 289 g/mol. The van der Waals surface area contributed by atoms with Crippen LogP contribution in [0.5, 0.6) is 0 Å². The van der Waals surface area contributed by atoms with E-state index < -0.39 is 23.5 Å². The van der Waals surface area contributed by atoms with Crippen LogP contribution < -0.4 is 5.32 Å². The minimum Gasteiger partial charge on any atom is -0.350 e. The second-order valence-corrected chi connectivity index (χ2v) is 4.54. The predicted octanol–water partition coefficient (Wildman–Crippen LogP) is 2.46. The zero-order chi connectivity index (χ0) is 13.9. The first-order chi connectivity index (χ1) is 8.98. The van der Waals surface area contributed by atoms with Gasteiger partial charge in [0.05, 0.1) is 6.33 Å². The van der Waals surface area contributed by atoms with Crippen molar-refractivity contribution < 1.29 is 18.0 Å². The minimum atomic E-state index is -4.61. The van der Waals surface area contributed by atoms with E-state index >= 15 is 0 Å². The zero-order valence-corrected chi connectivity index (χ0v) is 10.4. The van der Waals surface area contributed by atoms with Gasteiger partial charge in [-0.25, -0.2) is 4.98 Å². The Labute approximate surface area is 110 Å². The van der Waals surface area contributed by atoms with E-state index in [2.05, 4.69) is 10.3 Å². The molecule has 19 heavy (non-hydrogen) atoms. The van der Waals surface area contributed by atoms with Crippen molar-refractivity contribution in [2.24, 2.45) is 0 Å². The van der Waals surface area contributed by atoms with E-state index in [0.29, 0.717) is 6.42 Å². The molecule has 1 amide bonds. The van der Waals surface area contributed by atoms with Crippen LogP contribution in [0.2, 0.25) is 0 Å². The van der Waals surface area contributed by atoms with Crippen LogP contribution in [0.3, 0.4) is 0 Å². The third-order valence-electron chi connectivity index (χ3n) is 2.42. The van der Waals surface area contributed by atoms with Gasteiger partial charge in [-0.05, 0) is 28.8 Å². The Morgan fingerprint density at radius 3 is 2.89 bits per heavy atom. The van der Waals surface area contributed by atoms with Gasteiger partial charge in [0.25, 0.3) is 5.91 Å². The monoisotopic (exact) mass is 289 g/mol. The summed E-state index contributed by atoms with van der Waals surface area (Å²) >= 11 is 1.52.